The van der Waals surface area contributed by atoms with E-state index in [9.17, 15) is 14.0 Å². The molecule has 1 heterocycles. The number of carbonyl (C=O) groups is 2. The Morgan fingerprint density at radius 3 is 2.30 bits per heavy atom. The number of hydrogen-bond donors (Lipinski definition) is 3. The number of nitrogens with one attached hydrogen (secondary N) is 3. The van der Waals surface area contributed by atoms with E-state index in [1.165, 1.54) is 12.1 Å². The maximum Gasteiger partial charge on any atom is 0.315 e. The number of hydrogen-bond acceptors (Lipinski definition) is 3. The molecule has 0 bridgehead atoms. The van der Waals surface area contributed by atoms with Crippen LogP contribution in [0.2, 0.25) is 0 Å². The molecule has 0 aliphatic heterocycles. The van der Waals surface area contributed by atoms with Crippen molar-refractivity contribution in [3.05, 3.63) is 96.1 Å². The molecular weight excluding hydrogens is 383 g/mol. The number of nitrogens with zero attached hydrogens (tertiary/aromatic N) is 1. The van der Waals surface area contributed by atoms with Crippen LogP contribution >= 0.6 is 0 Å². The fraction of sp³-hybridized carbons (Fsp3) is 0.174. The number of urea groups is 1. The Balaban J connectivity index is 1.58. The molecule has 3 N–H and O–H groups in total. The zero-order valence-corrected chi connectivity index (χ0v) is 16.3. The van der Waals surface area contributed by atoms with E-state index in [2.05, 4.69) is 20.9 Å². The van der Waals surface area contributed by atoms with Crippen LogP contribution in [0, 0.1) is 5.82 Å². The number of aromatic nitrogens is 1. The fourth-order valence-corrected chi connectivity index (χ4v) is 2.90. The highest BCUT2D eigenvalue weighted by Gasteiger charge is 2.21. The average molecular weight is 406 g/mol. The van der Waals surface area contributed by atoms with Gasteiger partial charge in [-0.2, -0.15) is 0 Å². The normalized spacial score (nSPS) is 11.4. The Hall–Kier alpha value is -3.74. The van der Waals surface area contributed by atoms with Gasteiger partial charge in [0.05, 0.1) is 0 Å². The molecule has 0 unspecified atom stereocenters. The van der Waals surface area contributed by atoms with Crippen molar-refractivity contribution in [1.82, 2.24) is 15.6 Å². The average Bonchev–Trinajstić information content (AvgIpc) is 2.76. The Morgan fingerprint density at radius 1 is 0.900 bits per heavy atom. The molecule has 7 heteroatoms. The number of halogens is 1. The van der Waals surface area contributed by atoms with Gasteiger partial charge in [0.15, 0.2) is 0 Å². The Bertz CT molecular complexity index is 950. The lowest BCUT2D eigenvalue weighted by Gasteiger charge is -2.19. The first-order chi connectivity index (χ1) is 14.6. The topological polar surface area (TPSA) is 83.1 Å². The summed E-state index contributed by atoms with van der Waals surface area (Å²) in [4.78, 5) is 29.1. The third-order valence-corrected chi connectivity index (χ3v) is 4.46. The van der Waals surface area contributed by atoms with Crippen molar-refractivity contribution in [2.75, 3.05) is 11.9 Å². The highest BCUT2D eigenvalue weighted by molar-refractivity contribution is 5.97. The van der Waals surface area contributed by atoms with Crippen LogP contribution in [0.5, 0.6) is 0 Å². The summed E-state index contributed by atoms with van der Waals surface area (Å²) in [5, 5.41) is 8.29. The molecule has 1 atom stereocenters. The number of amides is 3. The van der Waals surface area contributed by atoms with Gasteiger partial charge in [0, 0.05) is 31.0 Å². The van der Waals surface area contributed by atoms with Crippen LogP contribution in [-0.2, 0) is 17.6 Å². The van der Waals surface area contributed by atoms with E-state index in [0.717, 1.165) is 11.1 Å². The second kappa shape index (κ2) is 10.7. The van der Waals surface area contributed by atoms with E-state index in [0.29, 0.717) is 25.1 Å². The molecule has 1 aromatic heterocycles. The third kappa shape index (κ3) is 6.70. The Kier molecular flexibility index (Phi) is 7.49. The minimum atomic E-state index is -0.758. The maximum atomic E-state index is 13.0. The molecule has 154 valence electrons. The van der Waals surface area contributed by atoms with Crippen molar-refractivity contribution < 1.29 is 14.0 Å². The number of pyridine rings is 1. The quantitative estimate of drug-likeness (QED) is 0.537. The molecule has 0 saturated carbocycles. The predicted octanol–water partition coefficient (Wildman–Crippen LogP) is 3.31. The monoisotopic (exact) mass is 406 g/mol. The summed E-state index contributed by atoms with van der Waals surface area (Å²) in [6.45, 7) is 0.363. The molecule has 0 fully saturated rings. The second-order valence-corrected chi connectivity index (χ2v) is 6.74. The van der Waals surface area contributed by atoms with Crippen LogP contribution in [0.15, 0.2) is 79.1 Å². The van der Waals surface area contributed by atoms with Crippen LogP contribution in [0.25, 0.3) is 0 Å². The molecule has 0 radical (unpaired) electrons. The smallest absolute Gasteiger partial charge is 0.315 e. The first kappa shape index (κ1) is 21.0. The minimum Gasteiger partial charge on any atom is -0.338 e. The van der Waals surface area contributed by atoms with Gasteiger partial charge >= 0.3 is 6.03 Å². The summed E-state index contributed by atoms with van der Waals surface area (Å²) in [7, 11) is 0. The molecule has 3 rings (SSSR count). The maximum absolute atomic E-state index is 13.0. The van der Waals surface area contributed by atoms with Crippen LogP contribution < -0.4 is 16.0 Å². The van der Waals surface area contributed by atoms with Gasteiger partial charge in [-0.05, 0) is 41.8 Å². The van der Waals surface area contributed by atoms with Crippen LogP contribution in [0.4, 0.5) is 14.9 Å². The highest BCUT2D eigenvalue weighted by Crippen LogP contribution is 2.08. The molecule has 2 aromatic carbocycles. The van der Waals surface area contributed by atoms with E-state index in [4.69, 9.17) is 0 Å². The van der Waals surface area contributed by atoms with Crippen LogP contribution in [0.3, 0.4) is 0 Å². The predicted molar refractivity (Wildman–Crippen MR) is 113 cm³/mol. The molecule has 6 nitrogen and oxygen atoms in total. The highest BCUT2D eigenvalue weighted by atomic mass is 19.1. The van der Waals surface area contributed by atoms with E-state index in [1.54, 1.807) is 36.7 Å². The summed E-state index contributed by atoms with van der Waals surface area (Å²) in [5.74, 6) is -0.618. The van der Waals surface area contributed by atoms with E-state index in [-0.39, 0.29) is 11.7 Å². The third-order valence-electron chi connectivity index (χ3n) is 4.46. The Labute approximate surface area is 174 Å². The molecule has 3 amide bonds. The number of rotatable bonds is 8. The van der Waals surface area contributed by atoms with Crippen molar-refractivity contribution in [2.24, 2.45) is 0 Å². The Morgan fingerprint density at radius 2 is 1.60 bits per heavy atom. The lowest BCUT2D eigenvalue weighted by Crippen LogP contribution is -2.49. The zero-order valence-electron chi connectivity index (χ0n) is 16.3. The van der Waals surface area contributed by atoms with Crippen LogP contribution in [-0.4, -0.2) is 29.5 Å². The van der Waals surface area contributed by atoms with Gasteiger partial charge in [0.2, 0.25) is 5.91 Å². The summed E-state index contributed by atoms with van der Waals surface area (Å²) in [6, 6.07) is 17.8. The zero-order chi connectivity index (χ0) is 21.2. The second-order valence-electron chi connectivity index (χ2n) is 6.74. The van der Waals surface area contributed by atoms with E-state index in [1.807, 2.05) is 30.3 Å². The van der Waals surface area contributed by atoms with Crippen molar-refractivity contribution >= 4 is 17.6 Å². The largest absolute Gasteiger partial charge is 0.338 e. The minimum absolute atomic E-state index is 0.298. The molecular formula is C23H23FN4O2. The van der Waals surface area contributed by atoms with Crippen molar-refractivity contribution in [3.63, 3.8) is 0 Å². The molecule has 0 aliphatic rings. The molecule has 0 aliphatic carbocycles. The standard InChI is InChI=1S/C23H23FN4O2/c24-19-8-6-17(7-9-19)10-15-26-23(30)28-21(16-18-4-2-1-3-5-18)22(29)27-20-11-13-25-14-12-20/h1-9,11-14,21H,10,15-16H2,(H,25,27,29)(H2,26,28,30)/t21-/m0/s1. The fourth-order valence-electron chi connectivity index (χ4n) is 2.90. The summed E-state index contributed by atoms with van der Waals surface area (Å²) in [5.41, 5.74) is 2.44. The molecule has 3 aromatic rings. The first-order valence-electron chi connectivity index (χ1n) is 9.64. The lowest BCUT2D eigenvalue weighted by molar-refractivity contribution is -0.117. The van der Waals surface area contributed by atoms with Gasteiger partial charge in [-0.15, -0.1) is 0 Å². The first-order valence-corrected chi connectivity index (χ1v) is 9.64. The van der Waals surface area contributed by atoms with Gasteiger partial charge in [0.1, 0.15) is 11.9 Å². The van der Waals surface area contributed by atoms with Gasteiger partial charge in [-0.3, -0.25) is 9.78 Å². The lowest BCUT2D eigenvalue weighted by atomic mass is 10.1. The number of benzene rings is 2. The molecule has 0 saturated heterocycles. The molecule has 30 heavy (non-hydrogen) atoms. The van der Waals surface area contributed by atoms with E-state index >= 15 is 0 Å². The number of anilines is 1. The van der Waals surface area contributed by atoms with Gasteiger partial charge in [0.25, 0.3) is 0 Å². The SMILES string of the molecule is O=C(NCCc1ccc(F)cc1)N[C@@H](Cc1ccccc1)C(=O)Nc1ccncc1. The van der Waals surface area contributed by atoms with E-state index < -0.39 is 12.1 Å². The number of carbonyl (C=O) groups excluding carboxylic acids is 2. The summed E-state index contributed by atoms with van der Waals surface area (Å²) in [6.07, 6.45) is 4.07. The van der Waals surface area contributed by atoms with Crippen molar-refractivity contribution in [2.45, 2.75) is 18.9 Å². The summed E-state index contributed by atoms with van der Waals surface area (Å²) < 4.78 is 13.0. The van der Waals surface area contributed by atoms with Crippen LogP contribution in [0.1, 0.15) is 11.1 Å². The van der Waals surface area contributed by atoms with Crippen molar-refractivity contribution in [3.8, 4) is 0 Å². The van der Waals surface area contributed by atoms with Gasteiger partial charge in [-0.25, -0.2) is 9.18 Å². The van der Waals surface area contributed by atoms with Crippen molar-refractivity contribution in [1.29, 1.82) is 0 Å². The molecule has 0 spiro atoms. The van der Waals surface area contributed by atoms with Gasteiger partial charge in [-0.1, -0.05) is 42.5 Å². The van der Waals surface area contributed by atoms with Gasteiger partial charge < -0.3 is 16.0 Å². The summed E-state index contributed by atoms with van der Waals surface area (Å²) >= 11 is 0.